The molecule has 0 saturated carbocycles. The molecule has 1 aromatic heterocycles. The molecule has 0 aromatic carbocycles. The fourth-order valence-corrected chi connectivity index (χ4v) is 2.48. The molecule has 0 aliphatic carbocycles. The van der Waals surface area contributed by atoms with Crippen molar-refractivity contribution in [3.8, 4) is 0 Å². The highest BCUT2D eigenvalue weighted by Crippen LogP contribution is 2.22. The average molecular weight is 267 g/mol. The number of carbonyl (C=O) groups is 1. The first-order valence-corrected chi connectivity index (χ1v) is 6.41. The molecule has 5 nitrogen and oxygen atoms in total. The molecule has 104 valence electrons. The van der Waals surface area contributed by atoms with Crippen molar-refractivity contribution in [1.29, 1.82) is 0 Å². The minimum Gasteiger partial charge on any atom is -0.478 e. The number of piperazine rings is 1. The van der Waals surface area contributed by atoms with Gasteiger partial charge in [0.25, 0.3) is 0 Å². The van der Waals surface area contributed by atoms with Crippen LogP contribution in [-0.4, -0.2) is 53.2 Å². The summed E-state index contributed by atoms with van der Waals surface area (Å²) in [4.78, 5) is 19.0. The van der Waals surface area contributed by atoms with E-state index < -0.39 is 11.8 Å². The smallest absolute Gasteiger partial charge is 0.338 e. The lowest BCUT2D eigenvalue weighted by Crippen LogP contribution is -2.52. The van der Waals surface area contributed by atoms with Crippen molar-refractivity contribution in [2.45, 2.75) is 19.9 Å². The topological polar surface area (TPSA) is 56.7 Å². The molecular formula is C13H18FN3O2. The molecule has 6 heteroatoms. The van der Waals surface area contributed by atoms with Crippen LogP contribution in [0.3, 0.4) is 0 Å². The van der Waals surface area contributed by atoms with Crippen LogP contribution in [-0.2, 0) is 0 Å². The Hall–Kier alpha value is -1.69. The van der Waals surface area contributed by atoms with Crippen LogP contribution in [0.5, 0.6) is 0 Å². The molecule has 0 spiro atoms. The molecule has 1 aromatic rings. The van der Waals surface area contributed by atoms with Crippen LogP contribution < -0.4 is 4.90 Å². The SMILES string of the molecule is CCN1CCN(c2nccc(C(=O)O)c2F)CC1C. The maximum Gasteiger partial charge on any atom is 0.338 e. The van der Waals surface area contributed by atoms with Gasteiger partial charge in [0.15, 0.2) is 11.6 Å². The van der Waals surface area contributed by atoms with Gasteiger partial charge in [0, 0.05) is 31.9 Å². The zero-order chi connectivity index (χ0) is 14.0. The van der Waals surface area contributed by atoms with Gasteiger partial charge in [0.1, 0.15) is 5.56 Å². The van der Waals surface area contributed by atoms with Gasteiger partial charge in [-0.15, -0.1) is 0 Å². The van der Waals surface area contributed by atoms with E-state index in [2.05, 4.69) is 23.7 Å². The largest absolute Gasteiger partial charge is 0.478 e. The van der Waals surface area contributed by atoms with Gasteiger partial charge >= 0.3 is 5.97 Å². The quantitative estimate of drug-likeness (QED) is 0.898. The van der Waals surface area contributed by atoms with E-state index in [0.717, 1.165) is 13.1 Å². The van der Waals surface area contributed by atoms with Crippen molar-refractivity contribution < 1.29 is 14.3 Å². The maximum absolute atomic E-state index is 14.1. The fraction of sp³-hybridized carbons (Fsp3) is 0.538. The van der Waals surface area contributed by atoms with Crippen LogP contribution >= 0.6 is 0 Å². The van der Waals surface area contributed by atoms with Crippen molar-refractivity contribution in [3.05, 3.63) is 23.6 Å². The molecule has 1 aliphatic heterocycles. The summed E-state index contributed by atoms with van der Waals surface area (Å²) in [5.41, 5.74) is -0.324. The number of hydrogen-bond acceptors (Lipinski definition) is 4. The van der Waals surface area contributed by atoms with Gasteiger partial charge in [-0.25, -0.2) is 14.2 Å². The molecule has 1 N–H and O–H groups in total. The van der Waals surface area contributed by atoms with Gasteiger partial charge in [-0.2, -0.15) is 0 Å². The van der Waals surface area contributed by atoms with Crippen molar-refractivity contribution in [1.82, 2.24) is 9.88 Å². The predicted octanol–water partition coefficient (Wildman–Crippen LogP) is 1.45. The fourth-order valence-electron chi connectivity index (χ4n) is 2.48. The van der Waals surface area contributed by atoms with Crippen LogP contribution in [0.15, 0.2) is 12.3 Å². The molecule has 19 heavy (non-hydrogen) atoms. The minimum absolute atomic E-state index is 0.141. The van der Waals surface area contributed by atoms with Gasteiger partial charge in [0.2, 0.25) is 0 Å². The van der Waals surface area contributed by atoms with E-state index >= 15 is 0 Å². The number of rotatable bonds is 3. The summed E-state index contributed by atoms with van der Waals surface area (Å²) in [5.74, 6) is -1.86. The lowest BCUT2D eigenvalue weighted by atomic mass is 10.1. The van der Waals surface area contributed by atoms with Crippen molar-refractivity contribution in [3.63, 3.8) is 0 Å². The zero-order valence-electron chi connectivity index (χ0n) is 11.1. The first kappa shape index (κ1) is 13.7. The third kappa shape index (κ3) is 2.68. The Labute approximate surface area is 111 Å². The number of anilines is 1. The van der Waals surface area contributed by atoms with Gasteiger partial charge in [0.05, 0.1) is 0 Å². The Morgan fingerprint density at radius 3 is 2.89 bits per heavy atom. The second-order valence-corrected chi connectivity index (χ2v) is 4.72. The third-order valence-electron chi connectivity index (χ3n) is 3.57. The summed E-state index contributed by atoms with van der Waals surface area (Å²) >= 11 is 0. The molecule has 1 atom stereocenters. The molecule has 2 rings (SSSR count). The van der Waals surface area contributed by atoms with Crippen molar-refractivity contribution in [2.24, 2.45) is 0 Å². The molecule has 1 fully saturated rings. The van der Waals surface area contributed by atoms with Crippen LogP contribution in [0.1, 0.15) is 24.2 Å². The minimum atomic E-state index is -1.26. The predicted molar refractivity (Wildman–Crippen MR) is 70.1 cm³/mol. The van der Waals surface area contributed by atoms with Crippen LogP contribution in [0.25, 0.3) is 0 Å². The van der Waals surface area contributed by atoms with Gasteiger partial charge in [-0.05, 0) is 19.5 Å². The summed E-state index contributed by atoms with van der Waals surface area (Å²) in [6.45, 7) is 7.27. The Balaban J connectivity index is 2.24. The molecule has 1 saturated heterocycles. The number of nitrogens with zero attached hydrogens (tertiary/aromatic N) is 3. The van der Waals surface area contributed by atoms with Crippen LogP contribution in [0.2, 0.25) is 0 Å². The lowest BCUT2D eigenvalue weighted by Gasteiger charge is -2.40. The number of aromatic nitrogens is 1. The van der Waals surface area contributed by atoms with Crippen LogP contribution in [0.4, 0.5) is 10.2 Å². The number of carboxylic acids is 1. The maximum atomic E-state index is 14.1. The summed E-state index contributed by atoms with van der Waals surface area (Å²) in [6.07, 6.45) is 1.35. The molecule has 0 radical (unpaired) electrons. The van der Waals surface area contributed by atoms with Crippen molar-refractivity contribution >= 4 is 11.8 Å². The standard InChI is InChI=1S/C13H18FN3O2/c1-3-16-6-7-17(8-9(16)2)12-11(14)10(13(18)19)4-5-15-12/h4-5,9H,3,6-8H2,1-2H3,(H,18,19). The normalized spacial score (nSPS) is 20.6. The summed E-state index contributed by atoms with van der Waals surface area (Å²) in [7, 11) is 0. The van der Waals surface area contributed by atoms with E-state index in [4.69, 9.17) is 5.11 Å². The number of halogens is 1. The number of likely N-dealkylation sites (N-methyl/N-ethyl adjacent to an activating group) is 1. The van der Waals surface area contributed by atoms with E-state index in [1.165, 1.54) is 12.3 Å². The highest BCUT2D eigenvalue weighted by atomic mass is 19.1. The highest BCUT2D eigenvalue weighted by molar-refractivity contribution is 5.88. The van der Waals surface area contributed by atoms with E-state index in [1.807, 2.05) is 4.90 Å². The second kappa shape index (κ2) is 5.52. The Bertz CT molecular complexity index is 481. The van der Waals surface area contributed by atoms with Crippen molar-refractivity contribution in [2.75, 3.05) is 31.1 Å². The van der Waals surface area contributed by atoms with E-state index in [0.29, 0.717) is 19.1 Å². The Morgan fingerprint density at radius 1 is 1.58 bits per heavy atom. The third-order valence-corrected chi connectivity index (χ3v) is 3.57. The van der Waals surface area contributed by atoms with E-state index in [1.54, 1.807) is 0 Å². The summed E-state index contributed by atoms with van der Waals surface area (Å²) in [5, 5.41) is 8.93. The summed E-state index contributed by atoms with van der Waals surface area (Å²) < 4.78 is 14.1. The number of carboxylic acid groups (broad SMARTS) is 1. The lowest BCUT2D eigenvalue weighted by molar-refractivity contribution is 0.0691. The Kier molecular flexibility index (Phi) is 3.99. The number of pyridine rings is 1. The highest BCUT2D eigenvalue weighted by Gasteiger charge is 2.26. The Morgan fingerprint density at radius 2 is 2.32 bits per heavy atom. The number of hydrogen-bond donors (Lipinski definition) is 1. The summed E-state index contributed by atoms with van der Waals surface area (Å²) in [6, 6.07) is 1.49. The molecule has 2 heterocycles. The monoisotopic (exact) mass is 267 g/mol. The molecule has 1 unspecified atom stereocenters. The van der Waals surface area contributed by atoms with E-state index in [-0.39, 0.29) is 11.4 Å². The first-order chi connectivity index (χ1) is 9.04. The molecule has 1 aliphatic rings. The van der Waals surface area contributed by atoms with Gasteiger partial charge in [-0.1, -0.05) is 6.92 Å². The molecular weight excluding hydrogens is 249 g/mol. The molecule has 0 amide bonds. The van der Waals surface area contributed by atoms with E-state index in [9.17, 15) is 9.18 Å². The molecule has 0 bridgehead atoms. The zero-order valence-corrected chi connectivity index (χ0v) is 11.1. The first-order valence-electron chi connectivity index (χ1n) is 6.41. The number of aromatic carboxylic acids is 1. The average Bonchev–Trinajstić information content (AvgIpc) is 2.38. The second-order valence-electron chi connectivity index (χ2n) is 4.72. The van der Waals surface area contributed by atoms with Crippen LogP contribution in [0, 0.1) is 5.82 Å². The van der Waals surface area contributed by atoms with Gasteiger partial charge in [-0.3, -0.25) is 4.90 Å². The van der Waals surface area contributed by atoms with Gasteiger partial charge < -0.3 is 10.0 Å².